The molecule has 1 aliphatic rings. The summed E-state index contributed by atoms with van der Waals surface area (Å²) in [5.41, 5.74) is 0.773. The van der Waals surface area contributed by atoms with Crippen molar-refractivity contribution in [3.63, 3.8) is 0 Å². The van der Waals surface area contributed by atoms with Gasteiger partial charge in [-0.3, -0.25) is 9.59 Å². The SMILES string of the molecule is O=C(/C=C/c1ccc(Cl)c(Cl)c1)N[C@H]1CC[C@@H](C(=O)O)C1. The molecule has 2 N–H and O–H groups in total. The van der Waals surface area contributed by atoms with Crippen molar-refractivity contribution in [2.75, 3.05) is 0 Å². The lowest BCUT2D eigenvalue weighted by Crippen LogP contribution is -2.31. The third-order valence-electron chi connectivity index (χ3n) is 3.50. The molecule has 6 heteroatoms. The molecule has 2 rings (SSSR count). The molecular weight excluding hydrogens is 313 g/mol. The fourth-order valence-electron chi connectivity index (χ4n) is 2.37. The van der Waals surface area contributed by atoms with Crippen LogP contribution < -0.4 is 5.32 Å². The maximum Gasteiger partial charge on any atom is 0.306 e. The number of carboxylic acids is 1. The lowest BCUT2D eigenvalue weighted by atomic mass is 10.1. The molecule has 0 spiro atoms. The highest BCUT2D eigenvalue weighted by atomic mass is 35.5. The number of carbonyl (C=O) groups excluding carboxylic acids is 1. The van der Waals surface area contributed by atoms with Gasteiger partial charge in [-0.1, -0.05) is 29.3 Å². The zero-order valence-corrected chi connectivity index (χ0v) is 12.7. The van der Waals surface area contributed by atoms with Crippen molar-refractivity contribution in [3.8, 4) is 0 Å². The van der Waals surface area contributed by atoms with E-state index in [0.717, 1.165) is 5.56 Å². The lowest BCUT2D eigenvalue weighted by molar-refractivity contribution is -0.141. The number of nitrogens with one attached hydrogen (secondary N) is 1. The number of hydrogen-bond donors (Lipinski definition) is 2. The van der Waals surface area contributed by atoms with E-state index in [1.165, 1.54) is 6.08 Å². The monoisotopic (exact) mass is 327 g/mol. The van der Waals surface area contributed by atoms with Crippen molar-refractivity contribution < 1.29 is 14.7 Å². The summed E-state index contributed by atoms with van der Waals surface area (Å²) in [4.78, 5) is 22.6. The van der Waals surface area contributed by atoms with E-state index in [4.69, 9.17) is 28.3 Å². The molecule has 112 valence electrons. The highest BCUT2D eigenvalue weighted by molar-refractivity contribution is 6.42. The Hall–Kier alpha value is -1.52. The van der Waals surface area contributed by atoms with Gasteiger partial charge in [-0.2, -0.15) is 0 Å². The minimum absolute atomic E-state index is 0.0722. The second kappa shape index (κ2) is 6.96. The van der Waals surface area contributed by atoms with Gasteiger partial charge in [-0.25, -0.2) is 0 Å². The number of amides is 1. The zero-order chi connectivity index (χ0) is 15.4. The van der Waals surface area contributed by atoms with E-state index >= 15 is 0 Å². The molecule has 1 saturated carbocycles. The molecule has 0 aromatic heterocycles. The Labute approximate surface area is 132 Å². The van der Waals surface area contributed by atoms with Gasteiger partial charge in [0.25, 0.3) is 0 Å². The van der Waals surface area contributed by atoms with Crippen LogP contribution in [0.25, 0.3) is 6.08 Å². The molecule has 0 unspecified atom stereocenters. The normalized spacial score (nSPS) is 21.6. The van der Waals surface area contributed by atoms with Crippen LogP contribution in [0.5, 0.6) is 0 Å². The van der Waals surface area contributed by atoms with Crippen LogP contribution in [0.2, 0.25) is 10.0 Å². The van der Waals surface area contributed by atoms with Gasteiger partial charge < -0.3 is 10.4 Å². The van der Waals surface area contributed by atoms with E-state index in [0.29, 0.717) is 29.3 Å². The summed E-state index contributed by atoms with van der Waals surface area (Å²) in [5.74, 6) is -1.38. The van der Waals surface area contributed by atoms with E-state index in [1.807, 2.05) is 0 Å². The third-order valence-corrected chi connectivity index (χ3v) is 4.24. The smallest absolute Gasteiger partial charge is 0.306 e. The number of benzene rings is 1. The minimum Gasteiger partial charge on any atom is -0.481 e. The average molecular weight is 328 g/mol. The Bertz CT molecular complexity index is 586. The van der Waals surface area contributed by atoms with E-state index in [-0.39, 0.29) is 17.9 Å². The molecule has 0 heterocycles. The van der Waals surface area contributed by atoms with Crippen LogP contribution >= 0.6 is 23.2 Å². The Morgan fingerprint density at radius 1 is 1.24 bits per heavy atom. The molecule has 4 nitrogen and oxygen atoms in total. The summed E-state index contributed by atoms with van der Waals surface area (Å²) in [6, 6.07) is 5.02. The maximum atomic E-state index is 11.8. The lowest BCUT2D eigenvalue weighted by Gasteiger charge is -2.10. The van der Waals surface area contributed by atoms with Gasteiger partial charge in [0.05, 0.1) is 16.0 Å². The molecule has 1 amide bonds. The van der Waals surface area contributed by atoms with Crippen molar-refractivity contribution in [3.05, 3.63) is 39.9 Å². The van der Waals surface area contributed by atoms with Gasteiger partial charge in [0, 0.05) is 12.1 Å². The van der Waals surface area contributed by atoms with Gasteiger partial charge in [-0.05, 0) is 43.0 Å². The zero-order valence-electron chi connectivity index (χ0n) is 11.2. The summed E-state index contributed by atoms with van der Waals surface area (Å²) < 4.78 is 0. The van der Waals surface area contributed by atoms with Crippen LogP contribution in [0.15, 0.2) is 24.3 Å². The second-order valence-electron chi connectivity index (χ2n) is 5.06. The topological polar surface area (TPSA) is 66.4 Å². The first-order valence-electron chi connectivity index (χ1n) is 6.62. The molecular formula is C15H15Cl2NO3. The molecule has 21 heavy (non-hydrogen) atoms. The number of aliphatic carboxylic acids is 1. The molecule has 0 radical (unpaired) electrons. The van der Waals surface area contributed by atoms with E-state index in [1.54, 1.807) is 24.3 Å². The quantitative estimate of drug-likeness (QED) is 0.833. The Morgan fingerprint density at radius 2 is 2.00 bits per heavy atom. The highest BCUT2D eigenvalue weighted by Gasteiger charge is 2.30. The molecule has 0 bridgehead atoms. The largest absolute Gasteiger partial charge is 0.481 e. The predicted molar refractivity (Wildman–Crippen MR) is 82.4 cm³/mol. The fourth-order valence-corrected chi connectivity index (χ4v) is 2.68. The maximum absolute atomic E-state index is 11.8. The molecule has 1 aromatic carbocycles. The van der Waals surface area contributed by atoms with Crippen LogP contribution in [-0.4, -0.2) is 23.0 Å². The average Bonchev–Trinajstić information content (AvgIpc) is 2.89. The summed E-state index contributed by atoms with van der Waals surface area (Å²) in [5, 5.41) is 12.6. The van der Waals surface area contributed by atoms with Crippen LogP contribution in [0.3, 0.4) is 0 Å². The van der Waals surface area contributed by atoms with Crippen molar-refractivity contribution >= 4 is 41.2 Å². The molecule has 0 aliphatic heterocycles. The number of hydrogen-bond acceptors (Lipinski definition) is 2. The Kier molecular flexibility index (Phi) is 5.26. The summed E-state index contributed by atoms with van der Waals surface area (Å²) in [6.45, 7) is 0. The van der Waals surface area contributed by atoms with Crippen molar-refractivity contribution in [2.45, 2.75) is 25.3 Å². The van der Waals surface area contributed by atoms with Crippen molar-refractivity contribution in [2.24, 2.45) is 5.92 Å². The second-order valence-corrected chi connectivity index (χ2v) is 5.88. The first-order valence-corrected chi connectivity index (χ1v) is 7.37. The first-order chi connectivity index (χ1) is 9.95. The van der Waals surface area contributed by atoms with Gasteiger partial charge in [-0.15, -0.1) is 0 Å². The van der Waals surface area contributed by atoms with Crippen LogP contribution in [0.1, 0.15) is 24.8 Å². The van der Waals surface area contributed by atoms with Gasteiger partial charge >= 0.3 is 5.97 Å². The number of halogens is 2. The number of carboxylic acid groups (broad SMARTS) is 1. The summed E-state index contributed by atoms with van der Waals surface area (Å²) in [7, 11) is 0. The number of carbonyl (C=O) groups is 2. The van der Waals surface area contributed by atoms with E-state index < -0.39 is 5.97 Å². The predicted octanol–water partition coefficient (Wildman–Crippen LogP) is 3.38. The van der Waals surface area contributed by atoms with Gasteiger partial charge in [0.1, 0.15) is 0 Å². The summed E-state index contributed by atoms with van der Waals surface area (Å²) in [6.07, 6.45) is 4.84. The van der Waals surface area contributed by atoms with E-state index in [9.17, 15) is 9.59 Å². The van der Waals surface area contributed by atoms with Crippen LogP contribution in [-0.2, 0) is 9.59 Å². The standard InChI is InChI=1S/C15H15Cl2NO3/c16-12-5-1-9(7-13(12)17)2-6-14(19)18-11-4-3-10(8-11)15(20)21/h1-2,5-7,10-11H,3-4,8H2,(H,18,19)(H,20,21)/b6-2+/t10-,11+/m1/s1. The van der Waals surface area contributed by atoms with Crippen molar-refractivity contribution in [1.82, 2.24) is 5.32 Å². The first kappa shape index (κ1) is 15.9. The van der Waals surface area contributed by atoms with Crippen molar-refractivity contribution in [1.29, 1.82) is 0 Å². The highest BCUT2D eigenvalue weighted by Crippen LogP contribution is 2.26. The Morgan fingerprint density at radius 3 is 2.62 bits per heavy atom. The van der Waals surface area contributed by atoms with Crippen LogP contribution in [0, 0.1) is 5.92 Å². The van der Waals surface area contributed by atoms with Gasteiger partial charge in [0.15, 0.2) is 0 Å². The minimum atomic E-state index is -0.793. The molecule has 0 saturated heterocycles. The van der Waals surface area contributed by atoms with Crippen LogP contribution in [0.4, 0.5) is 0 Å². The fraction of sp³-hybridized carbons (Fsp3) is 0.333. The van der Waals surface area contributed by atoms with Gasteiger partial charge in [0.2, 0.25) is 5.91 Å². The molecule has 1 aliphatic carbocycles. The van der Waals surface area contributed by atoms with E-state index in [2.05, 4.69) is 5.32 Å². The third kappa shape index (κ3) is 4.48. The Balaban J connectivity index is 1.88. The molecule has 1 aromatic rings. The molecule has 1 fully saturated rings. The molecule has 2 atom stereocenters. The summed E-state index contributed by atoms with van der Waals surface area (Å²) >= 11 is 11.7. The number of rotatable bonds is 4.